The number of aldehydes is 1. The molecule has 0 aliphatic heterocycles. The number of pyridine rings is 1. The summed E-state index contributed by atoms with van der Waals surface area (Å²) < 4.78 is 26.8. The fourth-order valence-electron chi connectivity index (χ4n) is 2.76. The van der Waals surface area contributed by atoms with Crippen molar-refractivity contribution in [3.63, 3.8) is 0 Å². The van der Waals surface area contributed by atoms with Crippen molar-refractivity contribution in [1.29, 1.82) is 0 Å². The number of aromatic nitrogens is 2. The highest BCUT2D eigenvalue weighted by Gasteiger charge is 2.12. The number of halogens is 2. The SMILES string of the molecule is O=Cc1cccc2nc(-c3c[nH]c4cc(F)c(F)cc34)ccc12. The van der Waals surface area contributed by atoms with E-state index in [0.717, 1.165) is 23.8 Å². The van der Waals surface area contributed by atoms with Gasteiger partial charge in [-0.3, -0.25) is 4.79 Å². The van der Waals surface area contributed by atoms with Crippen LogP contribution >= 0.6 is 0 Å². The van der Waals surface area contributed by atoms with Crippen molar-refractivity contribution in [3.05, 3.63) is 65.9 Å². The van der Waals surface area contributed by atoms with Gasteiger partial charge in [0, 0.05) is 39.7 Å². The first-order chi connectivity index (χ1) is 11.2. The molecule has 0 aliphatic carbocycles. The third kappa shape index (κ3) is 2.09. The number of nitrogens with one attached hydrogen (secondary N) is 1. The first-order valence-electron chi connectivity index (χ1n) is 6.99. The molecule has 0 bridgehead atoms. The Hall–Kier alpha value is -3.08. The first kappa shape index (κ1) is 13.6. The molecule has 0 saturated carbocycles. The van der Waals surface area contributed by atoms with Gasteiger partial charge in [0.05, 0.1) is 11.2 Å². The highest BCUT2D eigenvalue weighted by atomic mass is 19.2. The van der Waals surface area contributed by atoms with Crippen LogP contribution in [-0.2, 0) is 0 Å². The van der Waals surface area contributed by atoms with Crippen LogP contribution in [0.25, 0.3) is 33.1 Å². The molecule has 0 radical (unpaired) electrons. The van der Waals surface area contributed by atoms with E-state index in [-0.39, 0.29) is 0 Å². The molecule has 23 heavy (non-hydrogen) atoms. The quantitative estimate of drug-likeness (QED) is 0.555. The van der Waals surface area contributed by atoms with Crippen molar-refractivity contribution in [3.8, 4) is 11.3 Å². The number of carbonyl (C=O) groups is 1. The van der Waals surface area contributed by atoms with Gasteiger partial charge in [0.1, 0.15) is 0 Å². The van der Waals surface area contributed by atoms with Crippen LogP contribution in [0.2, 0.25) is 0 Å². The topological polar surface area (TPSA) is 45.8 Å². The Morgan fingerprint density at radius 1 is 1.00 bits per heavy atom. The molecule has 0 fully saturated rings. The highest BCUT2D eigenvalue weighted by molar-refractivity contribution is 5.99. The number of benzene rings is 2. The lowest BCUT2D eigenvalue weighted by Gasteiger charge is -2.04. The van der Waals surface area contributed by atoms with Gasteiger partial charge < -0.3 is 4.98 Å². The minimum absolute atomic E-state index is 0.502. The van der Waals surface area contributed by atoms with Crippen molar-refractivity contribution in [2.45, 2.75) is 0 Å². The minimum Gasteiger partial charge on any atom is -0.360 e. The molecule has 2 aromatic heterocycles. The summed E-state index contributed by atoms with van der Waals surface area (Å²) in [6.45, 7) is 0. The Labute approximate surface area is 129 Å². The maximum Gasteiger partial charge on any atom is 0.160 e. The Balaban J connectivity index is 1.96. The molecule has 2 heterocycles. The van der Waals surface area contributed by atoms with E-state index < -0.39 is 11.6 Å². The molecular weight excluding hydrogens is 298 g/mol. The molecule has 0 atom stereocenters. The number of rotatable bonds is 2. The average Bonchev–Trinajstić information content (AvgIpc) is 2.96. The number of hydrogen-bond acceptors (Lipinski definition) is 2. The summed E-state index contributed by atoms with van der Waals surface area (Å²) in [5.74, 6) is -1.80. The Morgan fingerprint density at radius 3 is 2.65 bits per heavy atom. The summed E-state index contributed by atoms with van der Waals surface area (Å²) in [7, 11) is 0. The summed E-state index contributed by atoms with van der Waals surface area (Å²) >= 11 is 0. The molecule has 5 heteroatoms. The van der Waals surface area contributed by atoms with Gasteiger partial charge in [-0.05, 0) is 24.3 Å². The molecular formula is C18H10F2N2O. The average molecular weight is 308 g/mol. The van der Waals surface area contributed by atoms with Gasteiger partial charge in [-0.15, -0.1) is 0 Å². The van der Waals surface area contributed by atoms with Crippen LogP contribution in [0.3, 0.4) is 0 Å². The predicted octanol–water partition coefficient (Wildman–Crippen LogP) is 4.47. The van der Waals surface area contributed by atoms with Crippen molar-refractivity contribution in [2.24, 2.45) is 0 Å². The van der Waals surface area contributed by atoms with Crippen LogP contribution in [0.1, 0.15) is 10.4 Å². The van der Waals surface area contributed by atoms with Crippen molar-refractivity contribution >= 4 is 28.1 Å². The standard InChI is InChI=1S/C18H10F2N2O/c19-14-6-12-13(8-21-18(12)7-15(14)20)17-5-4-11-10(9-23)2-1-3-16(11)22-17/h1-9,21H. The number of nitrogens with zero attached hydrogens (tertiary/aromatic N) is 1. The summed E-state index contributed by atoms with van der Waals surface area (Å²) in [4.78, 5) is 18.5. The van der Waals surface area contributed by atoms with E-state index in [1.54, 1.807) is 36.5 Å². The van der Waals surface area contributed by atoms with Crippen molar-refractivity contribution in [2.75, 3.05) is 0 Å². The van der Waals surface area contributed by atoms with Crippen LogP contribution in [0.15, 0.2) is 48.7 Å². The number of aromatic amines is 1. The normalized spacial score (nSPS) is 11.2. The lowest BCUT2D eigenvalue weighted by molar-refractivity contribution is 0.112. The number of carbonyl (C=O) groups excluding carboxylic acids is 1. The molecule has 4 aromatic rings. The van der Waals surface area contributed by atoms with E-state index in [2.05, 4.69) is 9.97 Å². The summed E-state index contributed by atoms with van der Waals surface area (Å²) in [5, 5.41) is 1.31. The van der Waals surface area contributed by atoms with E-state index in [4.69, 9.17) is 0 Å². The fourth-order valence-corrected chi connectivity index (χ4v) is 2.76. The third-order valence-electron chi connectivity index (χ3n) is 3.89. The van der Waals surface area contributed by atoms with Gasteiger partial charge in [0.2, 0.25) is 0 Å². The van der Waals surface area contributed by atoms with Crippen LogP contribution in [0, 0.1) is 11.6 Å². The second-order valence-electron chi connectivity index (χ2n) is 5.24. The van der Waals surface area contributed by atoms with Crippen LogP contribution < -0.4 is 0 Å². The van der Waals surface area contributed by atoms with E-state index in [1.807, 2.05) is 0 Å². The zero-order valence-electron chi connectivity index (χ0n) is 11.8. The van der Waals surface area contributed by atoms with Crippen molar-refractivity contribution < 1.29 is 13.6 Å². The Bertz CT molecular complexity index is 1070. The predicted molar refractivity (Wildman–Crippen MR) is 84.3 cm³/mol. The Morgan fingerprint density at radius 2 is 1.83 bits per heavy atom. The minimum atomic E-state index is -0.901. The second-order valence-corrected chi connectivity index (χ2v) is 5.24. The molecule has 2 aromatic carbocycles. The van der Waals surface area contributed by atoms with Crippen molar-refractivity contribution in [1.82, 2.24) is 9.97 Å². The fraction of sp³-hybridized carbons (Fsp3) is 0. The van der Waals surface area contributed by atoms with Gasteiger partial charge in [0.15, 0.2) is 17.9 Å². The lowest BCUT2D eigenvalue weighted by atomic mass is 10.1. The molecule has 3 nitrogen and oxygen atoms in total. The Kier molecular flexibility index (Phi) is 2.94. The first-order valence-corrected chi connectivity index (χ1v) is 6.99. The van der Waals surface area contributed by atoms with Crippen LogP contribution in [-0.4, -0.2) is 16.3 Å². The molecule has 0 saturated heterocycles. The lowest BCUT2D eigenvalue weighted by Crippen LogP contribution is -1.89. The zero-order chi connectivity index (χ0) is 16.0. The molecule has 1 N–H and O–H groups in total. The van der Waals surface area contributed by atoms with Crippen LogP contribution in [0.5, 0.6) is 0 Å². The maximum absolute atomic E-state index is 13.5. The highest BCUT2D eigenvalue weighted by Crippen LogP contribution is 2.30. The van der Waals surface area contributed by atoms with Gasteiger partial charge in [-0.2, -0.15) is 0 Å². The van der Waals surface area contributed by atoms with E-state index in [0.29, 0.717) is 33.2 Å². The van der Waals surface area contributed by atoms with Gasteiger partial charge >= 0.3 is 0 Å². The zero-order valence-corrected chi connectivity index (χ0v) is 11.8. The summed E-state index contributed by atoms with van der Waals surface area (Å²) in [6, 6.07) is 11.1. The summed E-state index contributed by atoms with van der Waals surface area (Å²) in [5.41, 5.74) is 3.04. The molecule has 0 aliphatic rings. The van der Waals surface area contributed by atoms with Gasteiger partial charge in [-0.1, -0.05) is 12.1 Å². The van der Waals surface area contributed by atoms with E-state index in [1.165, 1.54) is 0 Å². The van der Waals surface area contributed by atoms with E-state index in [9.17, 15) is 13.6 Å². The molecule has 0 amide bonds. The number of H-pyrrole nitrogens is 1. The van der Waals surface area contributed by atoms with Gasteiger partial charge in [-0.25, -0.2) is 13.8 Å². The molecule has 4 rings (SSSR count). The van der Waals surface area contributed by atoms with E-state index >= 15 is 0 Å². The number of hydrogen-bond donors (Lipinski definition) is 1. The number of fused-ring (bicyclic) bond motifs is 2. The monoisotopic (exact) mass is 308 g/mol. The second kappa shape index (κ2) is 4.98. The molecule has 0 spiro atoms. The molecule has 0 unspecified atom stereocenters. The third-order valence-corrected chi connectivity index (χ3v) is 3.89. The molecule has 112 valence electrons. The largest absolute Gasteiger partial charge is 0.360 e. The van der Waals surface area contributed by atoms with Gasteiger partial charge in [0.25, 0.3) is 0 Å². The smallest absolute Gasteiger partial charge is 0.160 e. The maximum atomic E-state index is 13.5. The summed E-state index contributed by atoms with van der Waals surface area (Å²) in [6.07, 6.45) is 2.45. The van der Waals surface area contributed by atoms with Crippen LogP contribution in [0.4, 0.5) is 8.78 Å².